The molecule has 0 heterocycles. The largest absolute Gasteiger partial charge is 0.507 e. The van der Waals surface area contributed by atoms with Crippen molar-refractivity contribution >= 4 is 34.8 Å². The number of phenols is 1. The number of methoxy groups -OCH3 is 3. The van der Waals surface area contributed by atoms with Crippen LogP contribution in [0.5, 0.6) is 23.0 Å². The number of fused-ring (bicyclic) bond motifs is 1. The highest BCUT2D eigenvalue weighted by Crippen LogP contribution is 2.33. The van der Waals surface area contributed by atoms with Gasteiger partial charge in [-0.1, -0.05) is 54.6 Å². The van der Waals surface area contributed by atoms with Crippen molar-refractivity contribution in [3.8, 4) is 23.0 Å². The van der Waals surface area contributed by atoms with Gasteiger partial charge in [0.1, 0.15) is 23.0 Å². The summed E-state index contributed by atoms with van der Waals surface area (Å²) in [5, 5.41) is 12.0. The summed E-state index contributed by atoms with van der Waals surface area (Å²) in [6.07, 6.45) is 7.06. The van der Waals surface area contributed by atoms with E-state index in [4.69, 9.17) is 14.2 Å². The Labute approximate surface area is 204 Å². The van der Waals surface area contributed by atoms with Crippen molar-refractivity contribution < 1.29 is 24.1 Å². The van der Waals surface area contributed by atoms with Crippen LogP contribution in [-0.2, 0) is 0 Å². The van der Waals surface area contributed by atoms with E-state index < -0.39 is 0 Å². The Kier molecular flexibility index (Phi) is 7.17. The number of ketones is 1. The van der Waals surface area contributed by atoms with E-state index in [1.165, 1.54) is 6.08 Å². The molecule has 0 radical (unpaired) electrons. The first-order valence-electron chi connectivity index (χ1n) is 11.1. The third kappa shape index (κ3) is 5.20. The number of ether oxygens (including phenoxy) is 3. The molecule has 0 spiro atoms. The van der Waals surface area contributed by atoms with Crippen LogP contribution >= 0.6 is 0 Å². The number of carbonyl (C=O) groups is 1. The van der Waals surface area contributed by atoms with Gasteiger partial charge < -0.3 is 19.3 Å². The summed E-state index contributed by atoms with van der Waals surface area (Å²) in [6, 6.07) is 22.1. The minimum absolute atomic E-state index is 0.0559. The molecule has 5 nitrogen and oxygen atoms in total. The minimum atomic E-state index is -0.303. The molecule has 4 aromatic rings. The quantitative estimate of drug-likeness (QED) is 0.179. The molecule has 4 rings (SSSR count). The predicted octanol–water partition coefficient (Wildman–Crippen LogP) is 6.64. The summed E-state index contributed by atoms with van der Waals surface area (Å²) in [7, 11) is 4.79. The van der Waals surface area contributed by atoms with Crippen molar-refractivity contribution in [3.63, 3.8) is 0 Å². The van der Waals surface area contributed by atoms with E-state index in [1.807, 2.05) is 66.7 Å². The predicted molar refractivity (Wildman–Crippen MR) is 140 cm³/mol. The number of benzene rings is 4. The second-order valence-electron chi connectivity index (χ2n) is 7.82. The fourth-order valence-electron chi connectivity index (χ4n) is 3.89. The van der Waals surface area contributed by atoms with Crippen molar-refractivity contribution in [1.82, 2.24) is 0 Å². The van der Waals surface area contributed by atoms with Gasteiger partial charge in [-0.3, -0.25) is 4.79 Å². The molecule has 35 heavy (non-hydrogen) atoms. The van der Waals surface area contributed by atoms with Gasteiger partial charge >= 0.3 is 0 Å². The van der Waals surface area contributed by atoms with E-state index in [0.29, 0.717) is 22.4 Å². The van der Waals surface area contributed by atoms with Gasteiger partial charge in [0, 0.05) is 11.6 Å². The summed E-state index contributed by atoms with van der Waals surface area (Å²) in [4.78, 5) is 13.2. The standard InChI is InChI=1S/C30H26O5/c1-33-23-13-9-20(10-14-23)8-11-22-18-24(34-2)19-29(35-3)25(22)15-17-28(32)30-26-7-5-4-6-21(26)12-16-27(30)31/h4-19,31H,1-3H3/b11-8+,17-15+. The minimum Gasteiger partial charge on any atom is -0.507 e. The Morgan fingerprint density at radius 2 is 1.51 bits per heavy atom. The molecular formula is C30H26O5. The van der Waals surface area contributed by atoms with Crippen LogP contribution in [0.15, 0.2) is 78.9 Å². The summed E-state index contributed by atoms with van der Waals surface area (Å²) >= 11 is 0. The van der Waals surface area contributed by atoms with Gasteiger partial charge in [-0.2, -0.15) is 0 Å². The molecule has 0 aliphatic heterocycles. The van der Waals surface area contributed by atoms with Gasteiger partial charge in [-0.25, -0.2) is 0 Å². The molecule has 5 heteroatoms. The molecular weight excluding hydrogens is 440 g/mol. The molecule has 0 aromatic heterocycles. The van der Waals surface area contributed by atoms with Crippen LogP contribution < -0.4 is 14.2 Å². The van der Waals surface area contributed by atoms with E-state index in [9.17, 15) is 9.90 Å². The Hall–Kier alpha value is -4.51. The lowest BCUT2D eigenvalue weighted by atomic mass is 9.98. The molecule has 0 fully saturated rings. The van der Waals surface area contributed by atoms with Crippen LogP contribution in [-0.4, -0.2) is 32.2 Å². The SMILES string of the molecule is COc1ccc(/C=C/c2cc(OC)cc(OC)c2/C=C/C(=O)c2c(O)ccc3ccccc23)cc1. The second kappa shape index (κ2) is 10.6. The van der Waals surface area contributed by atoms with E-state index in [-0.39, 0.29) is 17.1 Å². The molecule has 0 saturated heterocycles. The van der Waals surface area contributed by atoms with Gasteiger partial charge in [0.05, 0.1) is 26.9 Å². The topological polar surface area (TPSA) is 65.0 Å². The molecule has 0 atom stereocenters. The normalized spacial score (nSPS) is 11.3. The van der Waals surface area contributed by atoms with Crippen LogP contribution in [0.4, 0.5) is 0 Å². The first-order chi connectivity index (χ1) is 17.0. The van der Waals surface area contributed by atoms with Crippen LogP contribution in [0.3, 0.4) is 0 Å². The molecule has 4 aromatic carbocycles. The molecule has 0 bridgehead atoms. The van der Waals surface area contributed by atoms with E-state index in [1.54, 1.807) is 45.6 Å². The van der Waals surface area contributed by atoms with Gasteiger partial charge in [0.2, 0.25) is 0 Å². The fourth-order valence-corrected chi connectivity index (χ4v) is 3.89. The molecule has 0 aliphatic carbocycles. The van der Waals surface area contributed by atoms with Gasteiger partial charge in [0.15, 0.2) is 5.78 Å². The molecule has 1 N–H and O–H groups in total. The Morgan fingerprint density at radius 1 is 0.771 bits per heavy atom. The van der Waals surface area contributed by atoms with Crippen LogP contribution in [0.1, 0.15) is 27.0 Å². The summed E-state index contributed by atoms with van der Waals surface area (Å²) < 4.78 is 16.3. The lowest BCUT2D eigenvalue weighted by molar-refractivity contribution is 0.104. The zero-order valence-corrected chi connectivity index (χ0v) is 19.8. The summed E-state index contributed by atoms with van der Waals surface area (Å²) in [6.45, 7) is 0. The van der Waals surface area contributed by atoms with Crippen molar-refractivity contribution in [3.05, 3.63) is 101 Å². The number of carbonyl (C=O) groups excluding carboxylic acids is 1. The third-order valence-electron chi connectivity index (χ3n) is 5.73. The number of hydrogen-bond acceptors (Lipinski definition) is 5. The van der Waals surface area contributed by atoms with Crippen molar-refractivity contribution in [1.29, 1.82) is 0 Å². The monoisotopic (exact) mass is 466 g/mol. The molecule has 176 valence electrons. The maximum absolute atomic E-state index is 13.2. The fraction of sp³-hybridized carbons (Fsp3) is 0.100. The first kappa shape index (κ1) is 23.6. The molecule has 0 aliphatic rings. The third-order valence-corrected chi connectivity index (χ3v) is 5.73. The van der Waals surface area contributed by atoms with Gasteiger partial charge in [0.25, 0.3) is 0 Å². The van der Waals surface area contributed by atoms with E-state index in [2.05, 4.69) is 0 Å². The maximum Gasteiger partial charge on any atom is 0.190 e. The Balaban J connectivity index is 1.74. The summed E-state index contributed by atoms with van der Waals surface area (Å²) in [5.74, 6) is 1.61. The van der Waals surface area contributed by atoms with Crippen molar-refractivity contribution in [2.24, 2.45) is 0 Å². The molecule has 0 saturated carbocycles. The van der Waals surface area contributed by atoms with Crippen LogP contribution in [0, 0.1) is 0 Å². The lowest BCUT2D eigenvalue weighted by Gasteiger charge is -2.12. The number of hydrogen-bond donors (Lipinski definition) is 1. The first-order valence-corrected chi connectivity index (χ1v) is 11.1. The smallest absolute Gasteiger partial charge is 0.190 e. The maximum atomic E-state index is 13.2. The van der Waals surface area contributed by atoms with Crippen LogP contribution in [0.25, 0.3) is 29.0 Å². The summed E-state index contributed by atoms with van der Waals surface area (Å²) in [5.41, 5.74) is 2.77. The highest BCUT2D eigenvalue weighted by Gasteiger charge is 2.14. The lowest BCUT2D eigenvalue weighted by Crippen LogP contribution is -1.98. The van der Waals surface area contributed by atoms with Gasteiger partial charge in [-0.15, -0.1) is 0 Å². The van der Waals surface area contributed by atoms with Crippen LogP contribution in [0.2, 0.25) is 0 Å². The Morgan fingerprint density at radius 3 is 2.23 bits per heavy atom. The van der Waals surface area contributed by atoms with Crippen molar-refractivity contribution in [2.45, 2.75) is 0 Å². The second-order valence-corrected chi connectivity index (χ2v) is 7.82. The zero-order chi connectivity index (χ0) is 24.8. The number of allylic oxidation sites excluding steroid dienone is 1. The number of aromatic hydroxyl groups is 1. The van der Waals surface area contributed by atoms with E-state index in [0.717, 1.165) is 22.3 Å². The average Bonchev–Trinajstić information content (AvgIpc) is 2.90. The molecule has 0 unspecified atom stereocenters. The average molecular weight is 467 g/mol. The molecule has 0 amide bonds. The number of phenolic OH excluding ortho intramolecular Hbond substituents is 1. The van der Waals surface area contributed by atoms with E-state index >= 15 is 0 Å². The Bertz CT molecular complexity index is 1420. The number of rotatable bonds is 8. The highest BCUT2D eigenvalue weighted by atomic mass is 16.5. The zero-order valence-electron chi connectivity index (χ0n) is 19.8. The van der Waals surface area contributed by atoms with Gasteiger partial charge in [-0.05, 0) is 58.3 Å². The highest BCUT2D eigenvalue weighted by molar-refractivity contribution is 6.16. The van der Waals surface area contributed by atoms with Crippen molar-refractivity contribution in [2.75, 3.05) is 21.3 Å².